The summed E-state index contributed by atoms with van der Waals surface area (Å²) in [6.07, 6.45) is 2.30. The molecule has 20 heavy (non-hydrogen) atoms. The quantitative estimate of drug-likeness (QED) is 0.791. The van der Waals surface area contributed by atoms with Gasteiger partial charge in [-0.05, 0) is 36.1 Å². The van der Waals surface area contributed by atoms with Gasteiger partial charge in [0, 0.05) is 16.6 Å². The third-order valence-electron chi connectivity index (χ3n) is 3.73. The van der Waals surface area contributed by atoms with Crippen LogP contribution in [-0.2, 0) is 9.84 Å². The fourth-order valence-electron chi connectivity index (χ4n) is 2.69. The van der Waals surface area contributed by atoms with Crippen LogP contribution in [0.5, 0.6) is 0 Å². The molecule has 0 N–H and O–H groups in total. The van der Waals surface area contributed by atoms with Crippen molar-refractivity contribution in [3.05, 3.63) is 41.0 Å². The summed E-state index contributed by atoms with van der Waals surface area (Å²) < 4.78 is 23.2. The maximum Gasteiger partial charge on any atom is 0.150 e. The Labute approximate surface area is 127 Å². The highest BCUT2D eigenvalue weighted by Gasteiger charge is 2.34. The van der Waals surface area contributed by atoms with Crippen molar-refractivity contribution in [3.8, 4) is 0 Å². The molecule has 0 spiro atoms. The lowest BCUT2D eigenvalue weighted by Crippen LogP contribution is -2.11. The molecule has 1 saturated heterocycles. The maximum absolute atomic E-state index is 11.6. The molecule has 2 atom stereocenters. The lowest BCUT2D eigenvalue weighted by atomic mass is 9.96. The summed E-state index contributed by atoms with van der Waals surface area (Å²) >= 11 is 12.7. The largest absolute Gasteiger partial charge is 0.256 e. The van der Waals surface area contributed by atoms with Crippen molar-refractivity contribution in [2.24, 2.45) is 5.92 Å². The zero-order chi connectivity index (χ0) is 14.3. The van der Waals surface area contributed by atoms with Crippen LogP contribution in [0.1, 0.15) is 17.4 Å². The third kappa shape index (κ3) is 2.52. The highest BCUT2D eigenvalue weighted by atomic mass is 35.5. The van der Waals surface area contributed by atoms with Crippen LogP contribution in [0.25, 0.3) is 10.9 Å². The Bertz CT molecular complexity index is 761. The normalized spacial score (nSPS) is 23.0. The van der Waals surface area contributed by atoms with Gasteiger partial charge in [-0.3, -0.25) is 4.98 Å². The maximum atomic E-state index is 11.6. The van der Waals surface area contributed by atoms with Gasteiger partial charge in [0.1, 0.15) is 0 Å². The molecule has 1 fully saturated rings. The number of benzene rings is 1. The second-order valence-electron chi connectivity index (χ2n) is 5.10. The van der Waals surface area contributed by atoms with Gasteiger partial charge in [0.05, 0.1) is 22.4 Å². The molecule has 1 aromatic carbocycles. The zero-order valence-corrected chi connectivity index (χ0v) is 12.9. The highest BCUT2D eigenvalue weighted by Crippen LogP contribution is 2.39. The SMILES string of the molecule is O=S1(=O)CCC(C(Cl)c2ccc(Cl)c3cccnc23)C1. The van der Waals surface area contributed by atoms with Gasteiger partial charge in [-0.2, -0.15) is 0 Å². The minimum absolute atomic E-state index is 0.0620. The van der Waals surface area contributed by atoms with Crippen molar-refractivity contribution in [2.75, 3.05) is 11.5 Å². The Morgan fingerprint density at radius 1 is 1.30 bits per heavy atom. The summed E-state index contributed by atoms with van der Waals surface area (Å²) in [4.78, 5) is 4.35. The van der Waals surface area contributed by atoms with E-state index in [2.05, 4.69) is 4.98 Å². The first-order chi connectivity index (χ1) is 9.48. The summed E-state index contributed by atoms with van der Waals surface area (Å²) in [5.41, 5.74) is 1.61. The fraction of sp³-hybridized carbons (Fsp3) is 0.357. The Kier molecular flexibility index (Phi) is 3.65. The molecular formula is C14H13Cl2NO2S. The smallest absolute Gasteiger partial charge is 0.150 e. The second kappa shape index (κ2) is 5.17. The predicted octanol–water partition coefficient (Wildman–Crippen LogP) is 3.60. The first kappa shape index (κ1) is 14.1. The predicted molar refractivity (Wildman–Crippen MR) is 82.1 cm³/mol. The van der Waals surface area contributed by atoms with Gasteiger partial charge < -0.3 is 0 Å². The minimum atomic E-state index is -2.94. The Balaban J connectivity index is 2.04. The molecule has 0 aliphatic carbocycles. The van der Waals surface area contributed by atoms with Crippen LogP contribution >= 0.6 is 23.2 Å². The number of halogens is 2. The summed E-state index contributed by atoms with van der Waals surface area (Å²) in [5, 5.41) is 1.11. The van der Waals surface area contributed by atoms with Crippen LogP contribution < -0.4 is 0 Å². The van der Waals surface area contributed by atoms with Crippen molar-refractivity contribution in [2.45, 2.75) is 11.8 Å². The summed E-state index contributed by atoms with van der Waals surface area (Å²) in [7, 11) is -2.94. The van der Waals surface area contributed by atoms with E-state index < -0.39 is 9.84 Å². The number of nitrogens with zero attached hydrogens (tertiary/aromatic N) is 1. The van der Waals surface area contributed by atoms with E-state index >= 15 is 0 Å². The van der Waals surface area contributed by atoms with Crippen LogP contribution in [0.2, 0.25) is 5.02 Å². The number of hydrogen-bond donors (Lipinski definition) is 0. The van der Waals surface area contributed by atoms with E-state index in [1.807, 2.05) is 18.2 Å². The van der Waals surface area contributed by atoms with E-state index in [9.17, 15) is 8.42 Å². The number of alkyl halides is 1. The van der Waals surface area contributed by atoms with Gasteiger partial charge in [0.15, 0.2) is 9.84 Å². The summed E-state index contributed by atoms with van der Waals surface area (Å²) in [6, 6.07) is 7.35. The molecular weight excluding hydrogens is 317 g/mol. The zero-order valence-electron chi connectivity index (χ0n) is 10.6. The molecule has 3 rings (SSSR count). The molecule has 2 aromatic rings. The first-order valence-corrected chi connectivity index (χ1v) is 8.99. The first-order valence-electron chi connectivity index (χ1n) is 6.35. The van der Waals surface area contributed by atoms with Crippen LogP contribution in [-0.4, -0.2) is 24.9 Å². The Hall–Kier alpha value is -0.840. The van der Waals surface area contributed by atoms with Gasteiger partial charge in [-0.15, -0.1) is 11.6 Å². The number of sulfone groups is 1. The van der Waals surface area contributed by atoms with E-state index in [1.165, 1.54) is 0 Å². The average molecular weight is 330 g/mol. The molecule has 2 unspecified atom stereocenters. The van der Waals surface area contributed by atoms with Crippen LogP contribution in [0.15, 0.2) is 30.5 Å². The van der Waals surface area contributed by atoms with Crippen LogP contribution in [0.3, 0.4) is 0 Å². The molecule has 1 aliphatic heterocycles. The van der Waals surface area contributed by atoms with Crippen molar-refractivity contribution in [3.63, 3.8) is 0 Å². The number of rotatable bonds is 2. The monoisotopic (exact) mass is 329 g/mol. The molecule has 1 aromatic heterocycles. The molecule has 0 saturated carbocycles. The van der Waals surface area contributed by atoms with E-state index in [0.717, 1.165) is 16.5 Å². The lowest BCUT2D eigenvalue weighted by Gasteiger charge is -2.17. The van der Waals surface area contributed by atoms with E-state index in [0.29, 0.717) is 11.4 Å². The number of pyridine rings is 1. The van der Waals surface area contributed by atoms with E-state index in [4.69, 9.17) is 23.2 Å². The van der Waals surface area contributed by atoms with Crippen LogP contribution in [0.4, 0.5) is 0 Å². The minimum Gasteiger partial charge on any atom is -0.256 e. The van der Waals surface area contributed by atoms with Gasteiger partial charge >= 0.3 is 0 Å². The van der Waals surface area contributed by atoms with Gasteiger partial charge in [0.25, 0.3) is 0 Å². The van der Waals surface area contributed by atoms with Gasteiger partial charge in [-0.25, -0.2) is 8.42 Å². The number of fused-ring (bicyclic) bond motifs is 1. The molecule has 0 amide bonds. The van der Waals surface area contributed by atoms with Crippen molar-refractivity contribution in [1.82, 2.24) is 4.98 Å². The molecule has 6 heteroatoms. The third-order valence-corrected chi connectivity index (χ3v) is 6.44. The Morgan fingerprint density at radius 2 is 2.10 bits per heavy atom. The van der Waals surface area contributed by atoms with Crippen LogP contribution in [0, 0.1) is 5.92 Å². The molecule has 0 radical (unpaired) electrons. The Morgan fingerprint density at radius 3 is 2.80 bits per heavy atom. The van der Waals surface area contributed by atoms with Gasteiger partial charge in [-0.1, -0.05) is 17.7 Å². The average Bonchev–Trinajstić information content (AvgIpc) is 2.79. The van der Waals surface area contributed by atoms with E-state index in [-0.39, 0.29) is 22.8 Å². The van der Waals surface area contributed by atoms with E-state index in [1.54, 1.807) is 12.3 Å². The molecule has 1 aliphatic rings. The standard InChI is InChI=1S/C14H13Cl2NO2S/c15-12-4-3-11(14-10(12)2-1-6-17-14)13(16)9-5-7-20(18,19)8-9/h1-4,6,9,13H,5,7-8H2. The summed E-state index contributed by atoms with van der Waals surface area (Å²) in [5.74, 6) is 0.311. The fourth-order valence-corrected chi connectivity index (χ4v) is 5.24. The number of aromatic nitrogens is 1. The highest BCUT2D eigenvalue weighted by molar-refractivity contribution is 7.91. The van der Waals surface area contributed by atoms with Gasteiger partial charge in [0.2, 0.25) is 0 Å². The molecule has 2 heterocycles. The number of hydrogen-bond acceptors (Lipinski definition) is 3. The topological polar surface area (TPSA) is 47.0 Å². The molecule has 106 valence electrons. The summed E-state index contributed by atoms with van der Waals surface area (Å²) in [6.45, 7) is 0. The van der Waals surface area contributed by atoms with Crippen molar-refractivity contribution >= 4 is 43.9 Å². The molecule has 3 nitrogen and oxygen atoms in total. The van der Waals surface area contributed by atoms with Crippen molar-refractivity contribution < 1.29 is 8.42 Å². The lowest BCUT2D eigenvalue weighted by molar-refractivity contribution is 0.570. The second-order valence-corrected chi connectivity index (χ2v) is 8.21. The molecule has 0 bridgehead atoms. The van der Waals surface area contributed by atoms with Crippen molar-refractivity contribution in [1.29, 1.82) is 0 Å².